The lowest BCUT2D eigenvalue weighted by molar-refractivity contribution is -0.122. The molecule has 176 valence electrons. The van der Waals surface area contributed by atoms with Gasteiger partial charge in [0.05, 0.1) is 35.0 Å². The molecule has 2 aliphatic heterocycles. The van der Waals surface area contributed by atoms with Crippen LogP contribution in [-0.4, -0.2) is 40.8 Å². The Morgan fingerprint density at radius 1 is 0.971 bits per heavy atom. The van der Waals surface area contributed by atoms with Crippen molar-refractivity contribution in [1.29, 1.82) is 0 Å². The predicted molar refractivity (Wildman–Crippen MR) is 142 cm³/mol. The van der Waals surface area contributed by atoms with Gasteiger partial charge < -0.3 is 14.5 Å². The van der Waals surface area contributed by atoms with Crippen LogP contribution >= 0.6 is 24.0 Å². The molecule has 0 unspecified atom stereocenters. The van der Waals surface area contributed by atoms with Gasteiger partial charge in [0, 0.05) is 13.1 Å². The minimum atomic E-state index is -0.330. The van der Waals surface area contributed by atoms with E-state index in [1.807, 2.05) is 54.6 Å². The van der Waals surface area contributed by atoms with Crippen molar-refractivity contribution in [3.8, 4) is 0 Å². The highest BCUT2D eigenvalue weighted by Gasteiger charge is 2.33. The van der Waals surface area contributed by atoms with Gasteiger partial charge in [0.25, 0.3) is 5.91 Å². The fourth-order valence-corrected chi connectivity index (χ4v) is 5.31. The Morgan fingerprint density at radius 2 is 1.68 bits per heavy atom. The number of anilines is 2. The molecule has 0 N–H and O–H groups in total. The number of esters is 1. The number of ether oxygens (including phenoxy) is 1. The first-order valence-corrected chi connectivity index (χ1v) is 12.6. The lowest BCUT2D eigenvalue weighted by Gasteiger charge is -2.23. The molecule has 1 fully saturated rings. The molecule has 2 aliphatic rings. The van der Waals surface area contributed by atoms with E-state index in [-0.39, 0.29) is 11.9 Å². The fraction of sp³-hybridized carbons (Fsp3) is 0.269. The maximum atomic E-state index is 13.1. The zero-order valence-corrected chi connectivity index (χ0v) is 21.1. The number of fused-ring (bicyclic) bond motifs is 1. The van der Waals surface area contributed by atoms with Crippen molar-refractivity contribution >= 4 is 51.6 Å². The molecule has 2 aromatic carbocycles. The zero-order valence-electron chi connectivity index (χ0n) is 19.5. The number of carbonyl (C=O) groups excluding carboxylic acids is 2. The number of nitrogens with zero attached hydrogens (tertiary/aromatic N) is 3. The highest BCUT2D eigenvalue weighted by molar-refractivity contribution is 8.26. The lowest BCUT2D eigenvalue weighted by atomic mass is 10.1. The summed E-state index contributed by atoms with van der Waals surface area (Å²) in [5.41, 5.74) is 3.54. The Bertz CT molecular complexity index is 1180. The molecule has 2 aromatic rings. The number of amides is 1. The van der Waals surface area contributed by atoms with Crippen LogP contribution in [0.5, 0.6) is 0 Å². The molecule has 0 radical (unpaired) electrons. The summed E-state index contributed by atoms with van der Waals surface area (Å²) in [5.74, 6) is 0.542. The summed E-state index contributed by atoms with van der Waals surface area (Å²) in [6.45, 7) is 8.20. The smallest absolute Gasteiger partial charge is 0.338 e. The zero-order chi connectivity index (χ0) is 24.2. The summed E-state index contributed by atoms with van der Waals surface area (Å²) >= 11 is 6.82. The van der Waals surface area contributed by atoms with Gasteiger partial charge in [-0.15, -0.1) is 0 Å². The number of thioether (sulfide) groups is 1. The molecule has 34 heavy (non-hydrogen) atoms. The first kappa shape index (κ1) is 24.0. The summed E-state index contributed by atoms with van der Waals surface area (Å²) < 4.78 is 5.74. The van der Waals surface area contributed by atoms with E-state index >= 15 is 0 Å². The van der Waals surface area contributed by atoms with E-state index in [4.69, 9.17) is 17.0 Å². The number of benzene rings is 2. The Balaban J connectivity index is 1.61. The molecular formula is C26H27N3O3S2. The largest absolute Gasteiger partial charge is 0.462 e. The van der Waals surface area contributed by atoms with E-state index in [1.54, 1.807) is 17.9 Å². The van der Waals surface area contributed by atoms with Gasteiger partial charge >= 0.3 is 5.97 Å². The van der Waals surface area contributed by atoms with Gasteiger partial charge in [0.2, 0.25) is 0 Å². The average molecular weight is 494 g/mol. The van der Waals surface area contributed by atoms with Crippen LogP contribution in [0.25, 0.3) is 0 Å². The molecule has 4 rings (SSSR count). The molecule has 6 nitrogen and oxygen atoms in total. The van der Waals surface area contributed by atoms with Gasteiger partial charge in [-0.1, -0.05) is 54.3 Å². The SMILES string of the molecule is CCOC(=O)c1ccc2c(c1)N(CC)/C(=C/C=C1/SC(=S)N(Cc3ccccc3)C1=O)N2CC. The Labute approximate surface area is 209 Å². The number of allylic oxidation sites excluding steroid dienone is 2. The average Bonchev–Trinajstić information content (AvgIpc) is 3.30. The quantitative estimate of drug-likeness (QED) is 0.294. The van der Waals surface area contributed by atoms with Gasteiger partial charge in [0.1, 0.15) is 10.1 Å². The molecule has 8 heteroatoms. The third-order valence-corrected chi connectivity index (χ3v) is 7.09. The Morgan fingerprint density at radius 3 is 2.35 bits per heavy atom. The monoisotopic (exact) mass is 493 g/mol. The van der Waals surface area contributed by atoms with Crippen molar-refractivity contribution in [3.05, 3.63) is 82.5 Å². The van der Waals surface area contributed by atoms with Crippen molar-refractivity contribution in [3.63, 3.8) is 0 Å². The highest BCUT2D eigenvalue weighted by Crippen LogP contribution is 2.42. The van der Waals surface area contributed by atoms with Crippen molar-refractivity contribution < 1.29 is 14.3 Å². The van der Waals surface area contributed by atoms with Crippen LogP contribution in [0.2, 0.25) is 0 Å². The van der Waals surface area contributed by atoms with E-state index in [0.717, 1.165) is 29.3 Å². The second kappa shape index (κ2) is 10.4. The minimum Gasteiger partial charge on any atom is -0.462 e. The van der Waals surface area contributed by atoms with Crippen LogP contribution in [0.4, 0.5) is 11.4 Å². The van der Waals surface area contributed by atoms with Crippen molar-refractivity contribution in [2.24, 2.45) is 0 Å². The first-order valence-electron chi connectivity index (χ1n) is 11.3. The van der Waals surface area contributed by atoms with Crippen LogP contribution in [0, 0.1) is 0 Å². The summed E-state index contributed by atoms with van der Waals surface area (Å²) in [4.78, 5) is 31.9. The molecule has 2 heterocycles. The number of rotatable bonds is 7. The molecule has 1 saturated heterocycles. The molecule has 0 aromatic heterocycles. The van der Waals surface area contributed by atoms with Gasteiger partial charge in [0.15, 0.2) is 0 Å². The molecule has 0 spiro atoms. The fourth-order valence-electron chi connectivity index (χ4n) is 4.11. The van der Waals surface area contributed by atoms with Gasteiger partial charge in [-0.05, 0) is 56.7 Å². The van der Waals surface area contributed by atoms with Crippen molar-refractivity contribution in [1.82, 2.24) is 4.90 Å². The Kier molecular flexibility index (Phi) is 7.38. The standard InChI is InChI=1S/C26H27N3O3S2/c1-4-27-20-13-12-19(25(31)32-6-3)16-21(20)28(5-2)23(27)15-14-22-24(30)29(26(33)34-22)17-18-10-8-7-9-11-18/h7-16H,4-6,17H2,1-3H3/b22-14+,23-15+. The number of hydrogen-bond acceptors (Lipinski definition) is 7. The molecule has 0 atom stereocenters. The highest BCUT2D eigenvalue weighted by atomic mass is 32.2. The van der Waals surface area contributed by atoms with E-state index in [2.05, 4.69) is 23.6 Å². The lowest BCUT2D eigenvalue weighted by Crippen LogP contribution is -2.28. The molecule has 1 amide bonds. The normalized spacial score (nSPS) is 17.8. The number of hydrogen-bond donors (Lipinski definition) is 0. The van der Waals surface area contributed by atoms with Crippen LogP contribution in [0.1, 0.15) is 36.7 Å². The first-order chi connectivity index (χ1) is 16.5. The summed E-state index contributed by atoms with van der Waals surface area (Å²) in [7, 11) is 0. The number of thiocarbonyl (C=S) groups is 1. The molecule has 0 bridgehead atoms. The third-order valence-electron chi connectivity index (χ3n) is 5.69. The molecular weight excluding hydrogens is 466 g/mol. The van der Waals surface area contributed by atoms with Crippen molar-refractivity contribution in [2.75, 3.05) is 29.5 Å². The molecule has 0 aliphatic carbocycles. The minimum absolute atomic E-state index is 0.0816. The second-order valence-electron chi connectivity index (χ2n) is 7.71. The second-order valence-corrected chi connectivity index (χ2v) is 9.39. The Hall–Kier alpha value is -3.10. The van der Waals surface area contributed by atoms with Crippen LogP contribution < -0.4 is 9.80 Å². The third kappa shape index (κ3) is 4.60. The van der Waals surface area contributed by atoms with Gasteiger partial charge in [-0.2, -0.15) is 0 Å². The molecule has 0 saturated carbocycles. The van der Waals surface area contributed by atoms with Crippen molar-refractivity contribution in [2.45, 2.75) is 27.3 Å². The van der Waals surface area contributed by atoms with Crippen LogP contribution in [0.3, 0.4) is 0 Å². The van der Waals surface area contributed by atoms with Crippen LogP contribution in [0.15, 0.2) is 71.4 Å². The summed E-state index contributed by atoms with van der Waals surface area (Å²) in [6, 6.07) is 15.5. The summed E-state index contributed by atoms with van der Waals surface area (Å²) in [5, 5.41) is 0. The van der Waals surface area contributed by atoms with E-state index < -0.39 is 0 Å². The topological polar surface area (TPSA) is 53.1 Å². The maximum Gasteiger partial charge on any atom is 0.338 e. The van der Waals surface area contributed by atoms with Gasteiger partial charge in [-0.3, -0.25) is 9.69 Å². The summed E-state index contributed by atoms with van der Waals surface area (Å²) in [6.07, 6.45) is 3.81. The van der Waals surface area contributed by atoms with E-state index in [0.29, 0.717) is 34.5 Å². The number of carbonyl (C=O) groups is 2. The van der Waals surface area contributed by atoms with Crippen LogP contribution in [-0.2, 0) is 16.1 Å². The van der Waals surface area contributed by atoms with E-state index in [1.165, 1.54) is 11.8 Å². The maximum absolute atomic E-state index is 13.1. The van der Waals surface area contributed by atoms with E-state index in [9.17, 15) is 9.59 Å². The van der Waals surface area contributed by atoms with Gasteiger partial charge in [-0.25, -0.2) is 4.79 Å². The predicted octanol–water partition coefficient (Wildman–Crippen LogP) is 5.32.